The van der Waals surface area contributed by atoms with Gasteiger partial charge in [0.2, 0.25) is 0 Å². The predicted octanol–water partition coefficient (Wildman–Crippen LogP) is 5.70. The number of hydrogen-bond donors (Lipinski definition) is 1. The van der Waals surface area contributed by atoms with Crippen molar-refractivity contribution < 1.29 is 0 Å². The maximum atomic E-state index is 5.66. The van der Waals surface area contributed by atoms with E-state index in [2.05, 4.69) is 29.0 Å². The summed E-state index contributed by atoms with van der Waals surface area (Å²) in [4.78, 5) is 7.00. The Morgan fingerprint density at radius 3 is 2.12 bits per heavy atom. The van der Waals surface area contributed by atoms with E-state index < -0.39 is 0 Å². The van der Waals surface area contributed by atoms with Crippen molar-refractivity contribution >= 4 is 5.84 Å². The molecule has 0 aromatic rings. The van der Waals surface area contributed by atoms with Crippen molar-refractivity contribution in [3.8, 4) is 0 Å². The monoisotopic (exact) mass is 349 g/mol. The number of hydrogen-bond acceptors (Lipinski definition) is 3. The van der Waals surface area contributed by atoms with Gasteiger partial charge in [0.25, 0.3) is 0 Å². The van der Waals surface area contributed by atoms with Crippen molar-refractivity contribution in [2.45, 2.75) is 96.8 Å². The highest BCUT2D eigenvalue weighted by Crippen LogP contribution is 2.13. The molecular formula is C22H43N3. The molecule has 25 heavy (non-hydrogen) atoms. The molecule has 1 aliphatic heterocycles. The number of amidine groups is 1. The third-order valence-electron chi connectivity index (χ3n) is 5.09. The van der Waals surface area contributed by atoms with Crippen LogP contribution in [0.5, 0.6) is 0 Å². The fraction of sp³-hybridized carbons (Fsp3) is 0.864. The second-order valence-corrected chi connectivity index (χ2v) is 7.41. The van der Waals surface area contributed by atoms with Gasteiger partial charge in [-0.05, 0) is 25.7 Å². The summed E-state index contributed by atoms with van der Waals surface area (Å²) in [6, 6.07) is 0. The Bertz CT molecular complexity index is 349. The topological polar surface area (TPSA) is 41.6 Å². The van der Waals surface area contributed by atoms with E-state index in [0.717, 1.165) is 32.6 Å². The fourth-order valence-corrected chi connectivity index (χ4v) is 3.50. The van der Waals surface area contributed by atoms with Crippen LogP contribution in [-0.4, -0.2) is 36.9 Å². The minimum atomic E-state index is 0.744. The van der Waals surface area contributed by atoms with Gasteiger partial charge in [-0.1, -0.05) is 76.9 Å². The number of nitrogens with zero attached hydrogens (tertiary/aromatic N) is 2. The molecule has 3 heteroatoms. The van der Waals surface area contributed by atoms with Crippen molar-refractivity contribution in [1.29, 1.82) is 0 Å². The Hall–Kier alpha value is -0.830. The molecule has 0 spiro atoms. The van der Waals surface area contributed by atoms with Crippen LogP contribution >= 0.6 is 0 Å². The van der Waals surface area contributed by atoms with Crippen LogP contribution in [0.3, 0.4) is 0 Å². The van der Waals surface area contributed by atoms with E-state index in [4.69, 9.17) is 5.73 Å². The van der Waals surface area contributed by atoms with Gasteiger partial charge in [-0.25, -0.2) is 0 Å². The van der Waals surface area contributed by atoms with Crippen LogP contribution in [0.1, 0.15) is 96.8 Å². The van der Waals surface area contributed by atoms with Crippen LogP contribution in [-0.2, 0) is 0 Å². The van der Waals surface area contributed by atoms with E-state index in [0.29, 0.717) is 0 Å². The molecule has 0 aromatic heterocycles. The Kier molecular flexibility index (Phi) is 14.8. The first-order valence-electron chi connectivity index (χ1n) is 11.0. The van der Waals surface area contributed by atoms with Gasteiger partial charge in [-0.2, -0.15) is 0 Å². The van der Waals surface area contributed by atoms with Crippen LogP contribution in [0.2, 0.25) is 0 Å². The predicted molar refractivity (Wildman–Crippen MR) is 112 cm³/mol. The molecule has 2 N–H and O–H groups in total. The highest BCUT2D eigenvalue weighted by atomic mass is 15.2. The van der Waals surface area contributed by atoms with Crippen molar-refractivity contribution in [3.63, 3.8) is 0 Å². The molecular weight excluding hydrogens is 306 g/mol. The second-order valence-electron chi connectivity index (χ2n) is 7.41. The van der Waals surface area contributed by atoms with E-state index in [1.807, 2.05) is 0 Å². The first-order chi connectivity index (χ1) is 12.4. The van der Waals surface area contributed by atoms with Gasteiger partial charge in [0.1, 0.15) is 0 Å². The van der Waals surface area contributed by atoms with Crippen LogP contribution in [0.25, 0.3) is 0 Å². The summed E-state index contributed by atoms with van der Waals surface area (Å²) < 4.78 is 0. The van der Waals surface area contributed by atoms with Gasteiger partial charge in [0.05, 0.1) is 12.4 Å². The van der Waals surface area contributed by atoms with Crippen molar-refractivity contribution in [3.05, 3.63) is 12.2 Å². The highest BCUT2D eigenvalue weighted by molar-refractivity contribution is 5.83. The van der Waals surface area contributed by atoms with Crippen molar-refractivity contribution in [2.24, 2.45) is 10.7 Å². The van der Waals surface area contributed by atoms with Gasteiger partial charge >= 0.3 is 0 Å². The summed E-state index contributed by atoms with van der Waals surface area (Å²) in [5, 5.41) is 0. The lowest BCUT2D eigenvalue weighted by Crippen LogP contribution is -2.32. The van der Waals surface area contributed by atoms with Crippen LogP contribution in [0.15, 0.2) is 17.1 Å². The number of rotatable bonds is 17. The smallest absolute Gasteiger partial charge is 0.0990 e. The molecule has 0 aliphatic carbocycles. The van der Waals surface area contributed by atoms with Gasteiger partial charge in [0.15, 0.2) is 0 Å². The minimum Gasteiger partial charge on any atom is -0.357 e. The molecule has 1 aliphatic rings. The molecule has 0 saturated carbocycles. The van der Waals surface area contributed by atoms with Crippen molar-refractivity contribution in [1.82, 2.24) is 4.90 Å². The Morgan fingerprint density at radius 1 is 0.880 bits per heavy atom. The SMILES string of the molecule is CCCCC=CCCCCCCCCCCCC1=NCCN1CCN. The lowest BCUT2D eigenvalue weighted by Gasteiger charge is -2.19. The largest absolute Gasteiger partial charge is 0.357 e. The third-order valence-corrected chi connectivity index (χ3v) is 5.09. The fourth-order valence-electron chi connectivity index (χ4n) is 3.50. The number of unbranched alkanes of at least 4 members (excludes halogenated alkanes) is 11. The summed E-state index contributed by atoms with van der Waals surface area (Å²) >= 11 is 0. The maximum Gasteiger partial charge on any atom is 0.0990 e. The average molecular weight is 350 g/mol. The van der Waals surface area contributed by atoms with E-state index in [1.165, 1.54) is 89.3 Å². The summed E-state index contributed by atoms with van der Waals surface area (Å²) in [5.41, 5.74) is 5.66. The Labute approximate surface area is 157 Å². The van der Waals surface area contributed by atoms with E-state index >= 15 is 0 Å². The second kappa shape index (κ2) is 16.6. The number of allylic oxidation sites excluding steroid dienone is 2. The minimum absolute atomic E-state index is 0.744. The molecule has 0 fully saturated rings. The highest BCUT2D eigenvalue weighted by Gasteiger charge is 2.14. The molecule has 146 valence electrons. The van der Waals surface area contributed by atoms with Crippen molar-refractivity contribution in [2.75, 3.05) is 26.2 Å². The van der Waals surface area contributed by atoms with Crippen LogP contribution in [0.4, 0.5) is 0 Å². The van der Waals surface area contributed by atoms with Gasteiger partial charge in [-0.3, -0.25) is 4.99 Å². The number of nitrogens with two attached hydrogens (primary N) is 1. The van der Waals surface area contributed by atoms with Crippen LogP contribution in [0, 0.1) is 0 Å². The normalized spacial score (nSPS) is 14.6. The maximum absolute atomic E-state index is 5.66. The lowest BCUT2D eigenvalue weighted by atomic mass is 10.1. The van der Waals surface area contributed by atoms with Crippen LogP contribution < -0.4 is 5.73 Å². The third kappa shape index (κ3) is 12.2. The molecule has 1 rings (SSSR count). The first-order valence-corrected chi connectivity index (χ1v) is 11.0. The molecule has 0 amide bonds. The molecule has 0 unspecified atom stereocenters. The number of aliphatic imine (C=N–C) groups is 1. The van der Waals surface area contributed by atoms with Gasteiger partial charge < -0.3 is 10.6 Å². The molecule has 0 saturated heterocycles. The van der Waals surface area contributed by atoms with Gasteiger partial charge in [-0.15, -0.1) is 0 Å². The molecule has 1 heterocycles. The molecule has 0 aromatic carbocycles. The zero-order valence-electron chi connectivity index (χ0n) is 16.9. The lowest BCUT2D eigenvalue weighted by molar-refractivity contribution is 0.456. The van der Waals surface area contributed by atoms with E-state index in [1.54, 1.807) is 0 Å². The summed E-state index contributed by atoms with van der Waals surface area (Å²) in [6.07, 6.45) is 23.7. The summed E-state index contributed by atoms with van der Waals surface area (Å²) in [7, 11) is 0. The summed E-state index contributed by atoms with van der Waals surface area (Å²) in [5.74, 6) is 1.31. The Morgan fingerprint density at radius 2 is 1.48 bits per heavy atom. The Balaban J connectivity index is 1.80. The molecule has 0 bridgehead atoms. The average Bonchev–Trinajstić information content (AvgIpc) is 3.06. The van der Waals surface area contributed by atoms with Gasteiger partial charge in [0, 0.05) is 26.1 Å². The molecule has 0 atom stereocenters. The first kappa shape index (κ1) is 22.2. The quantitative estimate of drug-likeness (QED) is 0.270. The molecule has 0 radical (unpaired) electrons. The molecule has 3 nitrogen and oxygen atoms in total. The zero-order chi connectivity index (χ0) is 18.0. The zero-order valence-corrected chi connectivity index (χ0v) is 16.9. The standard InChI is InChI=1S/C22H43N3/c1-2-3-4-5-6-7-8-9-10-11-12-13-14-15-16-17-22-24-19-21-25(22)20-18-23/h5-6H,2-4,7-21,23H2,1H3. The van der Waals surface area contributed by atoms with E-state index in [9.17, 15) is 0 Å². The van der Waals surface area contributed by atoms with E-state index in [-0.39, 0.29) is 0 Å². The summed E-state index contributed by atoms with van der Waals surface area (Å²) in [6.45, 7) is 6.04.